The molecule has 4 heterocycles. The van der Waals surface area contributed by atoms with E-state index in [0.717, 1.165) is 25.3 Å². The summed E-state index contributed by atoms with van der Waals surface area (Å²) in [4.78, 5) is 17.0. The van der Waals surface area contributed by atoms with E-state index in [1.54, 1.807) is 23.5 Å². The maximum absolute atomic E-state index is 12.5. The summed E-state index contributed by atoms with van der Waals surface area (Å²) in [6.45, 7) is 6.03. The molecule has 1 amide bonds. The van der Waals surface area contributed by atoms with Crippen LogP contribution >= 0.6 is 11.3 Å². The number of amides is 1. The Labute approximate surface area is 161 Å². The minimum Gasteiger partial charge on any atom is -0.459 e. The standard InChI is InChI=1S/C18H22N6O2S/c1-2-15(17-19-20-21-24(17)13-14-5-4-12-27-14)22-7-9-23(10-8-22)18(25)16-6-3-11-26-16/h3-6,11-12,15H,2,7-10,13H2,1H3/p+1/t15-/m1/s1. The number of hydrogen-bond acceptors (Lipinski definition) is 6. The number of aromatic nitrogens is 4. The molecule has 142 valence electrons. The zero-order valence-electron chi connectivity index (χ0n) is 15.2. The number of nitrogens with zero attached hydrogens (tertiary/aromatic N) is 5. The highest BCUT2D eigenvalue weighted by Crippen LogP contribution is 2.15. The Hall–Kier alpha value is -2.52. The molecule has 8 nitrogen and oxygen atoms in total. The fourth-order valence-electron chi connectivity index (χ4n) is 3.68. The van der Waals surface area contributed by atoms with E-state index in [4.69, 9.17) is 4.42 Å². The van der Waals surface area contributed by atoms with E-state index in [2.05, 4.69) is 33.9 Å². The fourth-order valence-corrected chi connectivity index (χ4v) is 4.37. The molecular weight excluding hydrogens is 364 g/mol. The lowest BCUT2D eigenvalue weighted by Crippen LogP contribution is -3.15. The molecule has 4 rings (SSSR count). The molecule has 3 aromatic heterocycles. The summed E-state index contributed by atoms with van der Waals surface area (Å²) in [7, 11) is 0. The Morgan fingerprint density at radius 2 is 2.19 bits per heavy atom. The van der Waals surface area contributed by atoms with E-state index in [9.17, 15) is 4.79 Å². The summed E-state index contributed by atoms with van der Waals surface area (Å²) < 4.78 is 7.15. The van der Waals surface area contributed by atoms with E-state index in [1.165, 1.54) is 16.0 Å². The Morgan fingerprint density at radius 1 is 1.33 bits per heavy atom. The molecule has 1 saturated heterocycles. The molecule has 1 atom stereocenters. The van der Waals surface area contributed by atoms with E-state index >= 15 is 0 Å². The Kier molecular flexibility index (Phi) is 5.30. The average Bonchev–Trinajstić information content (AvgIpc) is 3.46. The second-order valence-electron chi connectivity index (χ2n) is 6.66. The predicted octanol–water partition coefficient (Wildman–Crippen LogP) is 0.868. The van der Waals surface area contributed by atoms with E-state index in [0.29, 0.717) is 25.4 Å². The van der Waals surface area contributed by atoms with Crippen LogP contribution in [0.5, 0.6) is 0 Å². The normalized spacial score (nSPS) is 16.6. The number of carbonyl (C=O) groups excluding carboxylic acids is 1. The van der Waals surface area contributed by atoms with Crippen molar-refractivity contribution in [3.8, 4) is 0 Å². The lowest BCUT2D eigenvalue weighted by Gasteiger charge is -2.35. The Balaban J connectivity index is 1.42. The first-order valence-electron chi connectivity index (χ1n) is 9.22. The highest BCUT2D eigenvalue weighted by atomic mass is 32.1. The zero-order valence-corrected chi connectivity index (χ0v) is 16.1. The maximum Gasteiger partial charge on any atom is 0.289 e. The van der Waals surface area contributed by atoms with Gasteiger partial charge in [0, 0.05) is 11.3 Å². The molecule has 9 heteroatoms. The minimum absolute atomic E-state index is 0.0328. The van der Waals surface area contributed by atoms with Crippen molar-refractivity contribution >= 4 is 17.2 Å². The molecule has 0 saturated carbocycles. The Bertz CT molecular complexity index is 852. The van der Waals surface area contributed by atoms with Crippen LogP contribution in [-0.4, -0.2) is 57.2 Å². The van der Waals surface area contributed by atoms with Gasteiger partial charge in [0.1, 0.15) is 6.04 Å². The number of thiophene rings is 1. The highest BCUT2D eigenvalue weighted by molar-refractivity contribution is 7.09. The summed E-state index contributed by atoms with van der Waals surface area (Å²) in [5.41, 5.74) is 0. The summed E-state index contributed by atoms with van der Waals surface area (Å²) in [5.74, 6) is 1.30. The maximum atomic E-state index is 12.5. The minimum atomic E-state index is -0.0328. The van der Waals surface area contributed by atoms with Gasteiger partial charge in [-0.2, -0.15) is 0 Å². The lowest BCUT2D eigenvalue weighted by atomic mass is 10.1. The van der Waals surface area contributed by atoms with Crippen molar-refractivity contribution < 1.29 is 14.1 Å². The third-order valence-electron chi connectivity index (χ3n) is 5.08. The number of nitrogens with one attached hydrogen (secondary N) is 1. The predicted molar refractivity (Wildman–Crippen MR) is 99.6 cm³/mol. The Morgan fingerprint density at radius 3 is 2.85 bits per heavy atom. The summed E-state index contributed by atoms with van der Waals surface area (Å²) in [6, 6.07) is 7.83. The van der Waals surface area contributed by atoms with Crippen molar-refractivity contribution in [1.82, 2.24) is 25.1 Å². The molecule has 0 radical (unpaired) electrons. The van der Waals surface area contributed by atoms with Gasteiger partial charge in [0.25, 0.3) is 5.91 Å². The number of furan rings is 1. The van der Waals surface area contributed by atoms with Gasteiger partial charge in [-0.1, -0.05) is 13.0 Å². The molecule has 1 N–H and O–H groups in total. The number of quaternary nitrogens is 1. The third-order valence-corrected chi connectivity index (χ3v) is 5.94. The molecule has 0 bridgehead atoms. The molecule has 0 unspecified atom stereocenters. The number of hydrogen-bond donors (Lipinski definition) is 1. The summed E-state index contributed by atoms with van der Waals surface area (Å²) >= 11 is 1.71. The number of rotatable bonds is 6. The topological polar surface area (TPSA) is 81.5 Å². The quantitative estimate of drug-likeness (QED) is 0.679. The monoisotopic (exact) mass is 387 g/mol. The molecule has 0 spiro atoms. The largest absolute Gasteiger partial charge is 0.459 e. The van der Waals surface area contributed by atoms with E-state index < -0.39 is 0 Å². The fraction of sp³-hybridized carbons (Fsp3) is 0.444. The number of carbonyl (C=O) groups is 1. The average molecular weight is 387 g/mol. The first-order chi connectivity index (χ1) is 13.3. The molecule has 1 aliphatic heterocycles. The van der Waals surface area contributed by atoms with Gasteiger partial charge in [-0.15, -0.1) is 16.4 Å². The van der Waals surface area contributed by atoms with Crippen LogP contribution in [0.4, 0.5) is 0 Å². The van der Waals surface area contributed by atoms with Gasteiger partial charge in [0.15, 0.2) is 5.76 Å². The number of tetrazole rings is 1. The van der Waals surface area contributed by atoms with Crippen LogP contribution < -0.4 is 4.90 Å². The van der Waals surface area contributed by atoms with E-state index in [-0.39, 0.29) is 11.9 Å². The second-order valence-corrected chi connectivity index (χ2v) is 7.69. The van der Waals surface area contributed by atoms with Gasteiger partial charge >= 0.3 is 0 Å². The van der Waals surface area contributed by atoms with Crippen LogP contribution in [0.1, 0.15) is 40.6 Å². The SMILES string of the molecule is CC[C@H](c1nnnn1Cc1cccs1)[NH+]1CCN(C(=O)c2ccco2)CC1. The molecular formula is C18H23N6O2S+. The smallest absolute Gasteiger partial charge is 0.289 e. The molecule has 0 aliphatic carbocycles. The van der Waals surface area contributed by atoms with Gasteiger partial charge in [0.2, 0.25) is 5.82 Å². The molecule has 27 heavy (non-hydrogen) atoms. The lowest BCUT2D eigenvalue weighted by molar-refractivity contribution is -0.936. The van der Waals surface area contributed by atoms with Gasteiger partial charge in [-0.3, -0.25) is 4.79 Å². The van der Waals surface area contributed by atoms with Crippen LogP contribution in [0, 0.1) is 0 Å². The second kappa shape index (κ2) is 8.01. The van der Waals surface area contributed by atoms with Crippen molar-refractivity contribution in [2.75, 3.05) is 26.2 Å². The van der Waals surface area contributed by atoms with Crippen molar-refractivity contribution in [2.45, 2.75) is 25.9 Å². The van der Waals surface area contributed by atoms with Gasteiger partial charge in [0.05, 0.1) is 39.0 Å². The van der Waals surface area contributed by atoms with Gasteiger partial charge in [-0.25, -0.2) is 4.68 Å². The molecule has 3 aromatic rings. The van der Waals surface area contributed by atoms with Crippen molar-refractivity contribution in [3.63, 3.8) is 0 Å². The van der Waals surface area contributed by atoms with E-state index in [1.807, 2.05) is 15.6 Å². The van der Waals surface area contributed by atoms with Gasteiger partial charge < -0.3 is 14.2 Å². The van der Waals surface area contributed by atoms with Crippen molar-refractivity contribution in [3.05, 3.63) is 52.4 Å². The molecule has 0 aromatic carbocycles. The first kappa shape index (κ1) is 17.9. The summed E-state index contributed by atoms with van der Waals surface area (Å²) in [6.07, 6.45) is 2.49. The van der Waals surface area contributed by atoms with Crippen LogP contribution in [0.15, 0.2) is 40.3 Å². The zero-order chi connectivity index (χ0) is 18.6. The van der Waals surface area contributed by atoms with Gasteiger partial charge in [-0.05, 0) is 34.0 Å². The van der Waals surface area contributed by atoms with Crippen LogP contribution in [-0.2, 0) is 6.54 Å². The highest BCUT2D eigenvalue weighted by Gasteiger charge is 2.33. The van der Waals surface area contributed by atoms with Crippen molar-refractivity contribution in [1.29, 1.82) is 0 Å². The van der Waals surface area contributed by atoms with Crippen molar-refractivity contribution in [2.24, 2.45) is 0 Å². The molecule has 1 aliphatic rings. The van der Waals surface area contributed by atoms with Crippen LogP contribution in [0.2, 0.25) is 0 Å². The molecule has 1 fully saturated rings. The summed E-state index contributed by atoms with van der Waals surface area (Å²) in [5, 5.41) is 14.5. The first-order valence-corrected chi connectivity index (χ1v) is 10.1. The third kappa shape index (κ3) is 3.79. The van der Waals surface area contributed by atoms with Crippen LogP contribution in [0.25, 0.3) is 0 Å². The number of piperazine rings is 1. The van der Waals surface area contributed by atoms with Crippen LogP contribution in [0.3, 0.4) is 0 Å².